The lowest BCUT2D eigenvalue weighted by molar-refractivity contribution is 0.696. The molecule has 0 radical (unpaired) electrons. The number of hydrogen-bond acceptors (Lipinski definition) is 2. The molecule has 0 bridgehead atoms. The zero-order valence-corrected chi connectivity index (χ0v) is 13.2. The number of aromatic nitrogens is 1. The van der Waals surface area contributed by atoms with E-state index >= 15 is 0 Å². The van der Waals surface area contributed by atoms with Crippen molar-refractivity contribution in [2.75, 3.05) is 0 Å². The Kier molecular flexibility index (Phi) is 4.48. The largest absolute Gasteiger partial charge is 0.322 e. The highest BCUT2D eigenvalue weighted by molar-refractivity contribution is 6.35. The highest BCUT2D eigenvalue weighted by Gasteiger charge is 2.04. The van der Waals surface area contributed by atoms with Crippen LogP contribution in [0.5, 0.6) is 0 Å². The van der Waals surface area contributed by atoms with Crippen molar-refractivity contribution in [3.8, 4) is 0 Å². The third-order valence-electron chi connectivity index (χ3n) is 3.48. The van der Waals surface area contributed by atoms with Gasteiger partial charge in [-0.3, -0.25) is 4.79 Å². The number of fused-ring (bicyclic) bond motifs is 1. The highest BCUT2D eigenvalue weighted by atomic mass is 35.5. The molecule has 3 nitrogen and oxygen atoms in total. The number of H-pyrrole nitrogens is 1. The second-order valence-electron chi connectivity index (χ2n) is 5.04. The average molecular weight is 333 g/mol. The van der Waals surface area contributed by atoms with E-state index in [4.69, 9.17) is 23.2 Å². The Morgan fingerprint density at radius 3 is 2.55 bits per heavy atom. The van der Waals surface area contributed by atoms with E-state index in [1.54, 1.807) is 12.1 Å². The minimum absolute atomic E-state index is 0.0972. The standard InChI is InChI=1S/C17H14Cl2N2O/c18-13-6-5-11(15(19)8-13)9-20-10-12-7-17(22)21-16-4-2-1-3-14(12)16/h1-8,20H,9-10H2,(H,21,22). The normalized spacial score (nSPS) is 11.0. The summed E-state index contributed by atoms with van der Waals surface area (Å²) >= 11 is 12.0. The molecule has 112 valence electrons. The van der Waals surface area contributed by atoms with Gasteiger partial charge in [0.2, 0.25) is 5.56 Å². The SMILES string of the molecule is O=c1cc(CNCc2ccc(Cl)cc2Cl)c2ccccc2[nH]1. The highest BCUT2D eigenvalue weighted by Crippen LogP contribution is 2.21. The van der Waals surface area contributed by atoms with Gasteiger partial charge in [0.05, 0.1) is 0 Å². The summed E-state index contributed by atoms with van der Waals surface area (Å²) in [5, 5.41) is 5.61. The van der Waals surface area contributed by atoms with E-state index in [2.05, 4.69) is 10.3 Å². The monoisotopic (exact) mass is 332 g/mol. The zero-order chi connectivity index (χ0) is 15.5. The molecule has 1 aromatic heterocycles. The average Bonchev–Trinajstić information content (AvgIpc) is 2.49. The molecule has 3 aromatic rings. The molecule has 0 fully saturated rings. The van der Waals surface area contributed by atoms with E-state index in [1.165, 1.54) is 0 Å². The van der Waals surface area contributed by atoms with Gasteiger partial charge in [0.1, 0.15) is 0 Å². The second kappa shape index (κ2) is 6.53. The minimum atomic E-state index is -0.0972. The van der Waals surface area contributed by atoms with E-state index in [-0.39, 0.29) is 5.56 Å². The minimum Gasteiger partial charge on any atom is -0.322 e. The number of pyridine rings is 1. The van der Waals surface area contributed by atoms with Crippen LogP contribution in [0.15, 0.2) is 53.3 Å². The van der Waals surface area contributed by atoms with E-state index < -0.39 is 0 Å². The third kappa shape index (κ3) is 3.33. The van der Waals surface area contributed by atoms with Gasteiger partial charge < -0.3 is 10.3 Å². The molecule has 0 spiro atoms. The molecule has 5 heteroatoms. The van der Waals surface area contributed by atoms with Crippen LogP contribution in [0.1, 0.15) is 11.1 Å². The Morgan fingerprint density at radius 2 is 1.73 bits per heavy atom. The maximum atomic E-state index is 11.7. The van der Waals surface area contributed by atoms with Crippen LogP contribution in [0.3, 0.4) is 0 Å². The molecule has 1 heterocycles. The fourth-order valence-corrected chi connectivity index (χ4v) is 2.90. The molecule has 0 aliphatic heterocycles. The van der Waals surface area contributed by atoms with Gasteiger partial charge >= 0.3 is 0 Å². The summed E-state index contributed by atoms with van der Waals surface area (Å²) in [6.45, 7) is 1.19. The lowest BCUT2D eigenvalue weighted by Gasteiger charge is -2.09. The molecule has 0 aliphatic carbocycles. The molecule has 2 aromatic carbocycles. The smallest absolute Gasteiger partial charge is 0.248 e. The lowest BCUT2D eigenvalue weighted by Crippen LogP contribution is -2.16. The first kappa shape index (κ1) is 15.1. The van der Waals surface area contributed by atoms with Crippen LogP contribution in [0.2, 0.25) is 10.0 Å². The molecule has 0 aliphatic rings. The van der Waals surface area contributed by atoms with Gasteiger partial charge in [-0.05, 0) is 29.3 Å². The predicted octanol–water partition coefficient (Wildman–Crippen LogP) is 4.12. The maximum absolute atomic E-state index is 11.7. The van der Waals surface area contributed by atoms with Crippen molar-refractivity contribution >= 4 is 34.1 Å². The number of benzene rings is 2. The molecular formula is C17H14Cl2N2O. The van der Waals surface area contributed by atoms with Gasteiger partial charge in [-0.15, -0.1) is 0 Å². The summed E-state index contributed by atoms with van der Waals surface area (Å²) in [5.74, 6) is 0. The van der Waals surface area contributed by atoms with Crippen molar-refractivity contribution in [1.29, 1.82) is 0 Å². The number of nitrogens with one attached hydrogen (secondary N) is 2. The molecule has 3 rings (SSSR count). The molecule has 22 heavy (non-hydrogen) atoms. The van der Waals surface area contributed by atoms with Crippen molar-refractivity contribution in [2.24, 2.45) is 0 Å². The van der Waals surface area contributed by atoms with Gasteiger partial charge in [0, 0.05) is 40.1 Å². The predicted molar refractivity (Wildman–Crippen MR) is 91.6 cm³/mol. The summed E-state index contributed by atoms with van der Waals surface area (Å²) in [7, 11) is 0. The molecule has 2 N–H and O–H groups in total. The van der Waals surface area contributed by atoms with Crippen LogP contribution in [0, 0.1) is 0 Å². The molecule has 0 amide bonds. The van der Waals surface area contributed by atoms with Crippen LogP contribution in [0.25, 0.3) is 10.9 Å². The Bertz CT molecular complexity index is 874. The summed E-state index contributed by atoms with van der Waals surface area (Å²) in [4.78, 5) is 14.5. The Balaban J connectivity index is 1.78. The quantitative estimate of drug-likeness (QED) is 0.754. The summed E-state index contributed by atoms with van der Waals surface area (Å²) in [5.41, 5.74) is 2.68. The zero-order valence-electron chi connectivity index (χ0n) is 11.7. The Morgan fingerprint density at radius 1 is 0.955 bits per heavy atom. The fraction of sp³-hybridized carbons (Fsp3) is 0.118. The van der Waals surface area contributed by atoms with Crippen molar-refractivity contribution in [3.05, 3.63) is 80.1 Å². The Labute approximate surface area is 137 Å². The lowest BCUT2D eigenvalue weighted by atomic mass is 10.1. The van der Waals surface area contributed by atoms with Crippen molar-refractivity contribution in [3.63, 3.8) is 0 Å². The van der Waals surface area contributed by atoms with Crippen LogP contribution >= 0.6 is 23.2 Å². The molecule has 0 atom stereocenters. The number of rotatable bonds is 4. The summed E-state index contributed by atoms with van der Waals surface area (Å²) < 4.78 is 0. The second-order valence-corrected chi connectivity index (χ2v) is 5.89. The first-order valence-corrected chi connectivity index (χ1v) is 7.64. The van der Waals surface area contributed by atoms with Crippen LogP contribution in [-0.4, -0.2) is 4.98 Å². The first-order chi connectivity index (χ1) is 10.6. The molecular weight excluding hydrogens is 319 g/mol. The maximum Gasteiger partial charge on any atom is 0.248 e. The van der Waals surface area contributed by atoms with E-state index in [0.717, 1.165) is 22.0 Å². The van der Waals surface area contributed by atoms with Crippen LogP contribution in [-0.2, 0) is 13.1 Å². The van der Waals surface area contributed by atoms with E-state index in [1.807, 2.05) is 36.4 Å². The Hall–Kier alpha value is -1.81. The topological polar surface area (TPSA) is 44.9 Å². The number of halogens is 2. The van der Waals surface area contributed by atoms with Gasteiger partial charge in [-0.25, -0.2) is 0 Å². The van der Waals surface area contributed by atoms with Crippen LogP contribution < -0.4 is 10.9 Å². The number of hydrogen-bond donors (Lipinski definition) is 2. The summed E-state index contributed by atoms with van der Waals surface area (Å²) in [6.07, 6.45) is 0. The van der Waals surface area contributed by atoms with Gasteiger partial charge in [0.25, 0.3) is 0 Å². The van der Waals surface area contributed by atoms with Crippen molar-refractivity contribution in [1.82, 2.24) is 10.3 Å². The fourth-order valence-electron chi connectivity index (χ4n) is 2.42. The summed E-state index contributed by atoms with van der Waals surface area (Å²) in [6, 6.07) is 14.8. The first-order valence-electron chi connectivity index (χ1n) is 6.89. The van der Waals surface area contributed by atoms with Gasteiger partial charge in [-0.1, -0.05) is 47.5 Å². The van der Waals surface area contributed by atoms with Gasteiger partial charge in [-0.2, -0.15) is 0 Å². The van der Waals surface area contributed by atoms with E-state index in [9.17, 15) is 4.79 Å². The van der Waals surface area contributed by atoms with E-state index in [0.29, 0.717) is 23.1 Å². The molecule has 0 saturated carbocycles. The number of para-hydroxylation sites is 1. The van der Waals surface area contributed by atoms with Crippen molar-refractivity contribution in [2.45, 2.75) is 13.1 Å². The molecule has 0 saturated heterocycles. The van der Waals surface area contributed by atoms with Gasteiger partial charge in [0.15, 0.2) is 0 Å². The third-order valence-corrected chi connectivity index (χ3v) is 4.07. The van der Waals surface area contributed by atoms with Crippen LogP contribution in [0.4, 0.5) is 0 Å². The molecule has 0 unspecified atom stereocenters. The number of aromatic amines is 1. The van der Waals surface area contributed by atoms with Crippen molar-refractivity contribution < 1.29 is 0 Å².